The average Bonchev–Trinajstić information content (AvgIpc) is 3.08. The maximum absolute atomic E-state index is 13.2. The second-order valence-electron chi connectivity index (χ2n) is 7.91. The molecule has 1 atom stereocenters. The molecule has 2 amide bonds. The molecular formula is C24H30N4O2. The number of benzene rings is 2. The minimum absolute atomic E-state index is 0.0235. The van der Waals surface area contributed by atoms with Crippen LogP contribution in [0.15, 0.2) is 54.6 Å². The van der Waals surface area contributed by atoms with Gasteiger partial charge in [0.1, 0.15) is 11.9 Å². The van der Waals surface area contributed by atoms with E-state index in [4.69, 9.17) is 4.98 Å². The van der Waals surface area contributed by atoms with Crippen molar-refractivity contribution in [3.05, 3.63) is 66.0 Å². The van der Waals surface area contributed by atoms with Crippen LogP contribution in [0.5, 0.6) is 0 Å². The number of hydrogen-bond acceptors (Lipinski definition) is 3. The van der Waals surface area contributed by atoms with Crippen LogP contribution in [0.4, 0.5) is 0 Å². The van der Waals surface area contributed by atoms with Gasteiger partial charge in [-0.25, -0.2) is 4.98 Å². The average molecular weight is 407 g/mol. The molecule has 0 bridgehead atoms. The first-order valence-electron chi connectivity index (χ1n) is 10.4. The Balaban J connectivity index is 1.71. The highest BCUT2D eigenvalue weighted by atomic mass is 16.2. The van der Waals surface area contributed by atoms with E-state index in [9.17, 15) is 9.59 Å². The molecule has 3 rings (SSSR count). The standard InChI is InChI=1S/C24H30N4O2/c1-5-28-20-14-10-9-13-19(20)25-21(28)16-27(4)24(30)23(17(2)3)26-22(29)15-18-11-7-6-8-12-18/h6-14,17,23H,5,15-16H2,1-4H3,(H,26,29). The number of imidazole rings is 1. The number of amides is 2. The van der Waals surface area contributed by atoms with E-state index < -0.39 is 6.04 Å². The molecule has 1 N–H and O–H groups in total. The Morgan fingerprint density at radius 3 is 2.40 bits per heavy atom. The third-order valence-corrected chi connectivity index (χ3v) is 5.26. The summed E-state index contributed by atoms with van der Waals surface area (Å²) in [7, 11) is 1.76. The molecule has 2 aromatic carbocycles. The molecule has 0 aliphatic heterocycles. The van der Waals surface area contributed by atoms with Crippen molar-refractivity contribution in [3.63, 3.8) is 0 Å². The number of likely N-dealkylation sites (N-methyl/N-ethyl adjacent to an activating group) is 1. The first-order chi connectivity index (χ1) is 14.4. The third kappa shape index (κ3) is 4.87. The van der Waals surface area contributed by atoms with Crippen LogP contribution < -0.4 is 5.32 Å². The van der Waals surface area contributed by atoms with E-state index in [1.807, 2.05) is 68.4 Å². The Hall–Kier alpha value is -3.15. The van der Waals surface area contributed by atoms with Gasteiger partial charge in [-0.3, -0.25) is 9.59 Å². The molecule has 0 spiro atoms. The minimum atomic E-state index is -0.578. The molecular weight excluding hydrogens is 376 g/mol. The lowest BCUT2D eigenvalue weighted by Gasteiger charge is -2.27. The number of para-hydroxylation sites is 2. The number of aryl methyl sites for hydroxylation is 1. The highest BCUT2D eigenvalue weighted by Crippen LogP contribution is 2.18. The molecule has 0 aliphatic rings. The number of carbonyl (C=O) groups excluding carboxylic acids is 2. The summed E-state index contributed by atoms with van der Waals surface area (Å²) < 4.78 is 2.12. The minimum Gasteiger partial charge on any atom is -0.344 e. The molecule has 1 heterocycles. The van der Waals surface area contributed by atoms with Crippen molar-refractivity contribution >= 4 is 22.8 Å². The van der Waals surface area contributed by atoms with Gasteiger partial charge < -0.3 is 14.8 Å². The van der Waals surface area contributed by atoms with E-state index in [0.717, 1.165) is 29.0 Å². The summed E-state index contributed by atoms with van der Waals surface area (Å²) in [6.07, 6.45) is 0.257. The van der Waals surface area contributed by atoms with Crippen LogP contribution in [0, 0.1) is 5.92 Å². The summed E-state index contributed by atoms with van der Waals surface area (Å²) in [4.78, 5) is 32.1. The Morgan fingerprint density at radius 1 is 1.07 bits per heavy atom. The van der Waals surface area contributed by atoms with Crippen molar-refractivity contribution in [1.82, 2.24) is 19.8 Å². The van der Waals surface area contributed by atoms with Crippen LogP contribution in [0.2, 0.25) is 0 Å². The molecule has 158 valence electrons. The van der Waals surface area contributed by atoms with Gasteiger partial charge in [-0.2, -0.15) is 0 Å². The smallest absolute Gasteiger partial charge is 0.245 e. The molecule has 1 aromatic heterocycles. The number of hydrogen-bond donors (Lipinski definition) is 1. The summed E-state index contributed by atoms with van der Waals surface area (Å²) in [6, 6.07) is 16.9. The van der Waals surface area contributed by atoms with E-state index in [-0.39, 0.29) is 24.2 Å². The predicted molar refractivity (Wildman–Crippen MR) is 119 cm³/mol. The molecule has 0 radical (unpaired) electrons. The largest absolute Gasteiger partial charge is 0.344 e. The van der Waals surface area contributed by atoms with Gasteiger partial charge in [0.25, 0.3) is 0 Å². The van der Waals surface area contributed by atoms with Gasteiger partial charge in [-0.1, -0.05) is 56.3 Å². The molecule has 6 heteroatoms. The molecule has 3 aromatic rings. The summed E-state index contributed by atoms with van der Waals surface area (Å²) in [6.45, 7) is 7.12. The van der Waals surface area contributed by atoms with Gasteiger partial charge in [-0.05, 0) is 30.5 Å². The Bertz CT molecular complexity index is 1010. The summed E-state index contributed by atoms with van der Waals surface area (Å²) in [5, 5.41) is 2.93. The van der Waals surface area contributed by atoms with Crippen LogP contribution in [-0.2, 0) is 29.1 Å². The van der Waals surface area contributed by atoms with E-state index in [2.05, 4.69) is 16.8 Å². The van der Waals surface area contributed by atoms with E-state index in [1.165, 1.54) is 0 Å². The number of carbonyl (C=O) groups is 2. The van der Waals surface area contributed by atoms with Gasteiger partial charge in [0.05, 0.1) is 24.0 Å². The van der Waals surface area contributed by atoms with Crippen LogP contribution in [0.25, 0.3) is 11.0 Å². The summed E-state index contributed by atoms with van der Waals surface area (Å²) in [5.74, 6) is 0.556. The monoisotopic (exact) mass is 406 g/mol. The molecule has 0 saturated carbocycles. The van der Waals surface area contributed by atoms with Crippen LogP contribution in [-0.4, -0.2) is 39.4 Å². The lowest BCUT2D eigenvalue weighted by molar-refractivity contribution is -0.137. The van der Waals surface area contributed by atoms with Crippen molar-refractivity contribution < 1.29 is 9.59 Å². The third-order valence-electron chi connectivity index (χ3n) is 5.26. The fraction of sp³-hybridized carbons (Fsp3) is 0.375. The predicted octanol–water partition coefficient (Wildman–Crippen LogP) is 3.40. The lowest BCUT2D eigenvalue weighted by atomic mass is 10.0. The van der Waals surface area contributed by atoms with Crippen LogP contribution in [0.3, 0.4) is 0 Å². The SMILES string of the molecule is CCn1c(CN(C)C(=O)C(NC(=O)Cc2ccccc2)C(C)C)nc2ccccc21. The van der Waals surface area contributed by atoms with Gasteiger partial charge in [0, 0.05) is 13.6 Å². The lowest BCUT2D eigenvalue weighted by Crippen LogP contribution is -2.50. The molecule has 1 unspecified atom stereocenters. The molecule has 30 heavy (non-hydrogen) atoms. The van der Waals surface area contributed by atoms with Gasteiger partial charge >= 0.3 is 0 Å². The van der Waals surface area contributed by atoms with Crippen molar-refractivity contribution in [2.45, 2.75) is 46.3 Å². The van der Waals surface area contributed by atoms with Crippen molar-refractivity contribution in [1.29, 1.82) is 0 Å². The van der Waals surface area contributed by atoms with Crippen molar-refractivity contribution in [2.24, 2.45) is 5.92 Å². The first kappa shape index (κ1) is 21.6. The Labute approximate surface area is 177 Å². The van der Waals surface area contributed by atoms with Crippen LogP contribution in [0.1, 0.15) is 32.2 Å². The van der Waals surface area contributed by atoms with Gasteiger partial charge in [0.2, 0.25) is 11.8 Å². The molecule has 0 aliphatic carbocycles. The molecule has 0 fully saturated rings. The number of rotatable bonds is 8. The first-order valence-corrected chi connectivity index (χ1v) is 10.4. The zero-order valence-corrected chi connectivity index (χ0v) is 18.1. The zero-order chi connectivity index (χ0) is 21.7. The number of aromatic nitrogens is 2. The van der Waals surface area contributed by atoms with Gasteiger partial charge in [0.15, 0.2) is 0 Å². The number of nitrogens with zero attached hydrogens (tertiary/aromatic N) is 3. The van der Waals surface area contributed by atoms with Crippen molar-refractivity contribution in [3.8, 4) is 0 Å². The van der Waals surface area contributed by atoms with E-state index in [0.29, 0.717) is 6.54 Å². The normalized spacial score (nSPS) is 12.2. The zero-order valence-electron chi connectivity index (χ0n) is 18.1. The van der Waals surface area contributed by atoms with Crippen LogP contribution >= 0.6 is 0 Å². The van der Waals surface area contributed by atoms with Gasteiger partial charge in [-0.15, -0.1) is 0 Å². The topological polar surface area (TPSA) is 67.2 Å². The quantitative estimate of drug-likeness (QED) is 0.623. The van der Waals surface area contributed by atoms with Crippen molar-refractivity contribution in [2.75, 3.05) is 7.05 Å². The fourth-order valence-corrected chi connectivity index (χ4v) is 3.65. The van der Waals surface area contributed by atoms with E-state index >= 15 is 0 Å². The molecule has 6 nitrogen and oxygen atoms in total. The second kappa shape index (κ2) is 9.57. The Morgan fingerprint density at radius 2 is 1.73 bits per heavy atom. The fourth-order valence-electron chi connectivity index (χ4n) is 3.65. The Kier molecular flexibility index (Phi) is 6.87. The summed E-state index contributed by atoms with van der Waals surface area (Å²) >= 11 is 0. The van der Waals surface area contributed by atoms with E-state index in [1.54, 1.807) is 11.9 Å². The second-order valence-corrected chi connectivity index (χ2v) is 7.91. The summed E-state index contributed by atoms with van der Waals surface area (Å²) in [5.41, 5.74) is 2.91. The maximum Gasteiger partial charge on any atom is 0.245 e. The molecule has 0 saturated heterocycles. The number of nitrogens with one attached hydrogen (secondary N) is 1. The number of fused-ring (bicyclic) bond motifs is 1. The highest BCUT2D eigenvalue weighted by molar-refractivity contribution is 5.88. The highest BCUT2D eigenvalue weighted by Gasteiger charge is 2.28. The maximum atomic E-state index is 13.2.